The molecule has 0 spiro atoms. The number of ether oxygens (including phenoxy) is 1. The Balaban J connectivity index is 2.35. The van der Waals surface area contributed by atoms with Gasteiger partial charge in [-0.2, -0.15) is 0 Å². The van der Waals surface area contributed by atoms with Crippen molar-refractivity contribution < 1.29 is 4.74 Å². The second-order valence-corrected chi connectivity index (χ2v) is 3.83. The van der Waals surface area contributed by atoms with Gasteiger partial charge in [-0.3, -0.25) is 0 Å². The third-order valence-corrected chi connectivity index (χ3v) is 2.10. The summed E-state index contributed by atoms with van der Waals surface area (Å²) in [4.78, 5) is 6.36. The number of aryl methyl sites for hydroxylation is 1. The maximum Gasteiger partial charge on any atom is 0.213 e. The van der Waals surface area contributed by atoms with Crippen LogP contribution in [-0.4, -0.2) is 37.1 Å². The van der Waals surface area contributed by atoms with Gasteiger partial charge in [0.1, 0.15) is 0 Å². The Kier molecular flexibility index (Phi) is 4.37. The van der Waals surface area contributed by atoms with Gasteiger partial charge in [-0.05, 0) is 33.5 Å². The van der Waals surface area contributed by atoms with Gasteiger partial charge in [0.25, 0.3) is 0 Å². The highest BCUT2D eigenvalue weighted by molar-refractivity contribution is 5.43. The molecule has 1 aromatic heterocycles. The molecule has 0 aliphatic carbocycles. The minimum atomic E-state index is 0.653. The van der Waals surface area contributed by atoms with Crippen molar-refractivity contribution in [1.82, 2.24) is 9.88 Å². The van der Waals surface area contributed by atoms with Crippen LogP contribution < -0.4 is 10.5 Å². The van der Waals surface area contributed by atoms with Gasteiger partial charge in [0.2, 0.25) is 5.88 Å². The van der Waals surface area contributed by atoms with E-state index in [4.69, 9.17) is 10.5 Å². The normalized spacial score (nSPS) is 10.7. The molecule has 2 N–H and O–H groups in total. The van der Waals surface area contributed by atoms with Crippen molar-refractivity contribution in [3.63, 3.8) is 0 Å². The Labute approximate surface area is 91.1 Å². The molecule has 0 fully saturated rings. The van der Waals surface area contributed by atoms with Gasteiger partial charge >= 0.3 is 0 Å². The van der Waals surface area contributed by atoms with Crippen LogP contribution in [0.3, 0.4) is 0 Å². The fourth-order valence-electron chi connectivity index (χ4n) is 1.19. The molecule has 0 aliphatic rings. The monoisotopic (exact) mass is 209 g/mol. The molecule has 0 unspecified atom stereocenters. The number of nitrogens with zero attached hydrogens (tertiary/aromatic N) is 2. The molecule has 1 rings (SSSR count). The van der Waals surface area contributed by atoms with E-state index in [1.807, 2.05) is 27.1 Å². The van der Waals surface area contributed by atoms with Crippen LogP contribution in [0.5, 0.6) is 5.88 Å². The molecule has 4 nitrogen and oxygen atoms in total. The lowest BCUT2D eigenvalue weighted by Crippen LogP contribution is -2.15. The van der Waals surface area contributed by atoms with Crippen LogP contribution in [0, 0.1) is 6.92 Å². The Morgan fingerprint density at radius 2 is 2.13 bits per heavy atom. The summed E-state index contributed by atoms with van der Waals surface area (Å²) in [6, 6.07) is 3.63. The van der Waals surface area contributed by atoms with Crippen LogP contribution in [-0.2, 0) is 0 Å². The van der Waals surface area contributed by atoms with Crippen molar-refractivity contribution in [1.29, 1.82) is 0 Å². The standard InChI is InChI=1S/C11H19N3O/c1-9-10(12)5-6-11(13-9)15-8-4-7-14(2)3/h5-6H,4,7-8,12H2,1-3H3. The van der Waals surface area contributed by atoms with Gasteiger partial charge in [0.15, 0.2) is 0 Å². The summed E-state index contributed by atoms with van der Waals surface area (Å²) in [5, 5.41) is 0. The topological polar surface area (TPSA) is 51.4 Å². The average Bonchev–Trinajstić information content (AvgIpc) is 2.18. The number of rotatable bonds is 5. The third kappa shape index (κ3) is 4.16. The van der Waals surface area contributed by atoms with E-state index >= 15 is 0 Å². The van der Waals surface area contributed by atoms with Crippen LogP contribution in [0.2, 0.25) is 0 Å². The summed E-state index contributed by atoms with van der Waals surface area (Å²) in [5.74, 6) is 0.653. The molecule has 0 bridgehead atoms. The van der Waals surface area contributed by atoms with Crippen molar-refractivity contribution in [2.24, 2.45) is 0 Å². The molecule has 0 saturated heterocycles. The van der Waals surface area contributed by atoms with Crippen LogP contribution in [0.4, 0.5) is 5.69 Å². The predicted octanol–water partition coefficient (Wildman–Crippen LogP) is 1.30. The molecule has 1 heterocycles. The average molecular weight is 209 g/mol. The lowest BCUT2D eigenvalue weighted by molar-refractivity contribution is 0.273. The SMILES string of the molecule is Cc1nc(OCCCN(C)C)ccc1N. The third-order valence-electron chi connectivity index (χ3n) is 2.10. The molecule has 0 saturated carbocycles. The molecule has 0 aliphatic heterocycles. The second-order valence-electron chi connectivity index (χ2n) is 3.83. The van der Waals surface area contributed by atoms with Gasteiger partial charge < -0.3 is 15.4 Å². The van der Waals surface area contributed by atoms with Crippen LogP contribution in [0.15, 0.2) is 12.1 Å². The van der Waals surface area contributed by atoms with Crippen molar-refractivity contribution in [3.05, 3.63) is 17.8 Å². The first-order valence-electron chi connectivity index (χ1n) is 5.10. The van der Waals surface area contributed by atoms with E-state index in [9.17, 15) is 0 Å². The van der Waals surface area contributed by atoms with E-state index in [1.54, 1.807) is 6.07 Å². The van der Waals surface area contributed by atoms with E-state index < -0.39 is 0 Å². The molecule has 0 radical (unpaired) electrons. The van der Waals surface area contributed by atoms with Crippen molar-refractivity contribution in [2.45, 2.75) is 13.3 Å². The van der Waals surface area contributed by atoms with Crippen molar-refractivity contribution in [2.75, 3.05) is 33.0 Å². The lowest BCUT2D eigenvalue weighted by atomic mass is 10.3. The number of anilines is 1. The van der Waals surface area contributed by atoms with E-state index in [0.29, 0.717) is 18.2 Å². The largest absolute Gasteiger partial charge is 0.478 e. The zero-order chi connectivity index (χ0) is 11.3. The van der Waals surface area contributed by atoms with Gasteiger partial charge in [-0.25, -0.2) is 4.98 Å². The molecular weight excluding hydrogens is 190 g/mol. The highest BCUT2D eigenvalue weighted by Gasteiger charge is 1.99. The summed E-state index contributed by atoms with van der Waals surface area (Å²) in [6.07, 6.45) is 0.998. The summed E-state index contributed by atoms with van der Waals surface area (Å²) >= 11 is 0. The number of nitrogen functional groups attached to an aromatic ring is 1. The van der Waals surface area contributed by atoms with Crippen LogP contribution in [0.1, 0.15) is 12.1 Å². The molecule has 0 atom stereocenters. The van der Waals surface area contributed by atoms with Crippen molar-refractivity contribution >= 4 is 5.69 Å². The number of hydrogen-bond acceptors (Lipinski definition) is 4. The molecule has 4 heteroatoms. The summed E-state index contributed by atoms with van der Waals surface area (Å²) in [7, 11) is 4.09. The maximum absolute atomic E-state index is 5.66. The zero-order valence-electron chi connectivity index (χ0n) is 9.66. The highest BCUT2D eigenvalue weighted by Crippen LogP contribution is 2.13. The smallest absolute Gasteiger partial charge is 0.213 e. The molecule has 15 heavy (non-hydrogen) atoms. The summed E-state index contributed by atoms with van der Waals surface area (Å²) in [6.45, 7) is 3.59. The first kappa shape index (κ1) is 11.8. The minimum Gasteiger partial charge on any atom is -0.478 e. The fraction of sp³-hybridized carbons (Fsp3) is 0.545. The molecule has 0 aromatic carbocycles. The molecular formula is C11H19N3O. The number of pyridine rings is 1. The van der Waals surface area contributed by atoms with E-state index in [2.05, 4.69) is 9.88 Å². The second kappa shape index (κ2) is 5.56. The van der Waals surface area contributed by atoms with Gasteiger partial charge in [0.05, 0.1) is 18.0 Å². The van der Waals surface area contributed by atoms with E-state index in [1.165, 1.54) is 0 Å². The van der Waals surface area contributed by atoms with Gasteiger partial charge in [0, 0.05) is 12.6 Å². The first-order valence-corrected chi connectivity index (χ1v) is 5.10. The zero-order valence-corrected chi connectivity index (χ0v) is 9.66. The summed E-state index contributed by atoms with van der Waals surface area (Å²) < 4.78 is 5.50. The Hall–Kier alpha value is -1.29. The predicted molar refractivity (Wildman–Crippen MR) is 62.1 cm³/mol. The Morgan fingerprint density at radius 1 is 1.40 bits per heavy atom. The van der Waals surface area contributed by atoms with E-state index in [-0.39, 0.29) is 0 Å². The Bertz CT molecular complexity index is 313. The lowest BCUT2D eigenvalue weighted by Gasteiger charge is -2.10. The van der Waals surface area contributed by atoms with Gasteiger partial charge in [-0.15, -0.1) is 0 Å². The van der Waals surface area contributed by atoms with E-state index in [0.717, 1.165) is 18.7 Å². The maximum atomic E-state index is 5.66. The number of hydrogen-bond donors (Lipinski definition) is 1. The van der Waals surface area contributed by atoms with Crippen LogP contribution in [0.25, 0.3) is 0 Å². The van der Waals surface area contributed by atoms with Crippen LogP contribution >= 0.6 is 0 Å². The number of aromatic nitrogens is 1. The first-order chi connectivity index (χ1) is 7.09. The summed E-state index contributed by atoms with van der Waals surface area (Å²) in [5.41, 5.74) is 7.18. The fourth-order valence-corrected chi connectivity index (χ4v) is 1.19. The number of nitrogens with two attached hydrogens (primary N) is 1. The highest BCUT2D eigenvalue weighted by atomic mass is 16.5. The minimum absolute atomic E-state index is 0.653. The molecule has 84 valence electrons. The Morgan fingerprint density at radius 3 is 2.73 bits per heavy atom. The van der Waals surface area contributed by atoms with Gasteiger partial charge in [-0.1, -0.05) is 0 Å². The quantitative estimate of drug-likeness (QED) is 0.743. The molecule has 0 amide bonds. The van der Waals surface area contributed by atoms with Crippen molar-refractivity contribution in [3.8, 4) is 5.88 Å². The molecule has 1 aromatic rings.